The van der Waals surface area contributed by atoms with Crippen LogP contribution in [0, 0.1) is 6.92 Å². The second-order valence-electron chi connectivity index (χ2n) is 4.39. The van der Waals surface area contributed by atoms with Gasteiger partial charge in [-0.25, -0.2) is 4.63 Å². The number of ether oxygens (including phenoxy) is 1. The van der Waals surface area contributed by atoms with Crippen molar-refractivity contribution in [3.8, 4) is 5.75 Å². The highest BCUT2D eigenvalue weighted by molar-refractivity contribution is 5.81. The molecule has 3 aromatic rings. The maximum Gasteiger partial charge on any atom is 0.127 e. The lowest BCUT2D eigenvalue weighted by Crippen LogP contribution is -2.00. The Kier molecular flexibility index (Phi) is 2.95. The van der Waals surface area contributed by atoms with Crippen LogP contribution in [-0.2, 0) is 6.54 Å². The van der Waals surface area contributed by atoms with Crippen molar-refractivity contribution in [1.29, 1.82) is 0 Å². The van der Waals surface area contributed by atoms with Crippen LogP contribution in [0.2, 0.25) is 0 Å². The summed E-state index contributed by atoms with van der Waals surface area (Å²) in [5, 5.41) is 8.86. The van der Waals surface area contributed by atoms with Crippen LogP contribution in [0.5, 0.6) is 5.75 Å². The highest BCUT2D eigenvalue weighted by atomic mass is 16.6. The summed E-state index contributed by atoms with van der Waals surface area (Å²) in [7, 11) is 0. The first-order chi connectivity index (χ1) is 9.28. The highest BCUT2D eigenvalue weighted by Crippen LogP contribution is 2.22. The van der Waals surface area contributed by atoms with Crippen LogP contribution < -0.4 is 4.74 Å². The highest BCUT2D eigenvalue weighted by Gasteiger charge is 2.08. The third-order valence-corrected chi connectivity index (χ3v) is 3.12. The van der Waals surface area contributed by atoms with E-state index in [2.05, 4.69) is 27.0 Å². The molecule has 0 saturated heterocycles. The maximum atomic E-state index is 5.50. The summed E-state index contributed by atoms with van der Waals surface area (Å²) in [6.07, 6.45) is 2.04. The largest absolute Gasteiger partial charge is 0.494 e. The van der Waals surface area contributed by atoms with E-state index in [1.807, 2.05) is 32.2 Å². The predicted octanol–water partition coefficient (Wildman–Crippen LogP) is 2.78. The number of fused-ring (bicyclic) bond motifs is 1. The molecule has 0 spiro atoms. The molecule has 1 aromatic carbocycles. The summed E-state index contributed by atoms with van der Waals surface area (Å²) < 4.78 is 12.3. The molecule has 0 aliphatic rings. The van der Waals surface area contributed by atoms with Gasteiger partial charge in [0.15, 0.2) is 0 Å². The minimum Gasteiger partial charge on any atom is -0.494 e. The van der Waals surface area contributed by atoms with Crippen molar-refractivity contribution in [2.24, 2.45) is 0 Å². The van der Waals surface area contributed by atoms with Crippen LogP contribution in [0.15, 0.2) is 35.1 Å². The summed E-state index contributed by atoms with van der Waals surface area (Å²) in [5.74, 6) is 0.895. The van der Waals surface area contributed by atoms with Crippen molar-refractivity contribution in [2.45, 2.75) is 20.4 Å². The molecule has 0 bridgehead atoms. The second kappa shape index (κ2) is 4.76. The average molecular weight is 257 g/mol. The average Bonchev–Trinajstić information content (AvgIpc) is 2.98. The lowest BCUT2D eigenvalue weighted by molar-refractivity contribution is 0.300. The molecule has 0 aliphatic heterocycles. The van der Waals surface area contributed by atoms with Crippen LogP contribution in [0.3, 0.4) is 0 Å². The Morgan fingerprint density at radius 1 is 1.26 bits per heavy atom. The van der Waals surface area contributed by atoms with Gasteiger partial charge < -0.3 is 9.30 Å². The number of rotatable bonds is 4. The minimum atomic E-state index is 0.660. The summed E-state index contributed by atoms with van der Waals surface area (Å²) in [5.41, 5.74) is 2.82. The Morgan fingerprint density at radius 3 is 2.89 bits per heavy atom. The topological polar surface area (TPSA) is 53.1 Å². The van der Waals surface area contributed by atoms with E-state index in [4.69, 9.17) is 9.37 Å². The van der Waals surface area contributed by atoms with Gasteiger partial charge in [0.25, 0.3) is 0 Å². The van der Waals surface area contributed by atoms with Crippen LogP contribution in [0.4, 0.5) is 0 Å². The van der Waals surface area contributed by atoms with Crippen LogP contribution in [0.25, 0.3) is 10.9 Å². The molecular formula is C14H15N3O2. The van der Waals surface area contributed by atoms with Crippen molar-refractivity contribution in [3.63, 3.8) is 0 Å². The molecule has 3 rings (SSSR count). The quantitative estimate of drug-likeness (QED) is 0.721. The van der Waals surface area contributed by atoms with Crippen LogP contribution in [-0.4, -0.2) is 21.5 Å². The van der Waals surface area contributed by atoms with Gasteiger partial charge in [-0.3, -0.25) is 0 Å². The first-order valence-corrected chi connectivity index (χ1v) is 6.27. The van der Waals surface area contributed by atoms with Crippen molar-refractivity contribution in [3.05, 3.63) is 41.9 Å². The first-order valence-electron chi connectivity index (χ1n) is 6.27. The Hall–Kier alpha value is -2.30. The third kappa shape index (κ3) is 2.19. The molecule has 0 amide bonds. The van der Waals surface area contributed by atoms with E-state index < -0.39 is 0 Å². The molecule has 0 atom stereocenters. The van der Waals surface area contributed by atoms with E-state index in [9.17, 15) is 0 Å². The monoisotopic (exact) mass is 257 g/mol. The van der Waals surface area contributed by atoms with Gasteiger partial charge in [-0.05, 0) is 38.1 Å². The molecule has 0 saturated carbocycles. The fraction of sp³-hybridized carbons (Fsp3) is 0.286. The van der Waals surface area contributed by atoms with E-state index in [0.29, 0.717) is 13.2 Å². The number of aromatic nitrogens is 3. The molecule has 2 heterocycles. The zero-order valence-corrected chi connectivity index (χ0v) is 11.0. The summed E-state index contributed by atoms with van der Waals surface area (Å²) in [6.45, 7) is 5.21. The van der Waals surface area contributed by atoms with E-state index in [1.165, 1.54) is 0 Å². The number of benzene rings is 1. The Morgan fingerprint density at radius 2 is 2.16 bits per heavy atom. The molecule has 0 N–H and O–H groups in total. The van der Waals surface area contributed by atoms with Crippen LogP contribution in [0.1, 0.15) is 18.3 Å². The molecule has 0 aliphatic carbocycles. The van der Waals surface area contributed by atoms with Gasteiger partial charge in [0, 0.05) is 17.1 Å². The lowest BCUT2D eigenvalue weighted by Gasteiger charge is -2.05. The number of nitrogens with zero attached hydrogens (tertiary/aromatic N) is 3. The van der Waals surface area contributed by atoms with Crippen molar-refractivity contribution >= 4 is 10.9 Å². The van der Waals surface area contributed by atoms with Gasteiger partial charge in [-0.2, -0.15) is 0 Å². The van der Waals surface area contributed by atoms with Gasteiger partial charge in [0.05, 0.1) is 13.2 Å². The molecule has 98 valence electrons. The van der Waals surface area contributed by atoms with E-state index in [-0.39, 0.29) is 0 Å². The fourth-order valence-electron chi connectivity index (χ4n) is 2.13. The molecule has 0 radical (unpaired) electrons. The van der Waals surface area contributed by atoms with Crippen molar-refractivity contribution in [2.75, 3.05) is 6.61 Å². The molecule has 19 heavy (non-hydrogen) atoms. The standard InChI is InChI=1S/C14H15N3O2/c1-3-18-12-4-5-14-11(8-12)6-7-17(14)9-13-10(2)15-19-16-13/h4-8H,3,9H2,1-2H3. The predicted molar refractivity (Wildman–Crippen MR) is 71.2 cm³/mol. The minimum absolute atomic E-state index is 0.660. The zero-order valence-electron chi connectivity index (χ0n) is 11.0. The molecule has 0 fully saturated rings. The van der Waals surface area contributed by atoms with E-state index in [1.54, 1.807) is 0 Å². The Bertz CT molecular complexity index is 700. The van der Waals surface area contributed by atoms with E-state index >= 15 is 0 Å². The smallest absolute Gasteiger partial charge is 0.127 e. The molecule has 5 heteroatoms. The van der Waals surface area contributed by atoms with Crippen molar-refractivity contribution in [1.82, 2.24) is 14.9 Å². The third-order valence-electron chi connectivity index (χ3n) is 3.12. The number of hydrogen-bond acceptors (Lipinski definition) is 4. The van der Waals surface area contributed by atoms with Gasteiger partial charge in [-0.1, -0.05) is 10.3 Å². The first kappa shape index (κ1) is 11.8. The fourth-order valence-corrected chi connectivity index (χ4v) is 2.13. The summed E-state index contributed by atoms with van der Waals surface area (Å²) in [4.78, 5) is 0. The molecule has 5 nitrogen and oxygen atoms in total. The van der Waals surface area contributed by atoms with Gasteiger partial charge in [0.2, 0.25) is 0 Å². The van der Waals surface area contributed by atoms with Crippen LogP contribution >= 0.6 is 0 Å². The summed E-state index contributed by atoms with van der Waals surface area (Å²) >= 11 is 0. The van der Waals surface area contributed by atoms with Gasteiger partial charge in [0.1, 0.15) is 17.1 Å². The molecule has 2 aromatic heterocycles. The Balaban J connectivity index is 1.95. The lowest BCUT2D eigenvalue weighted by atomic mass is 10.2. The van der Waals surface area contributed by atoms with Crippen molar-refractivity contribution < 1.29 is 9.37 Å². The maximum absolute atomic E-state index is 5.50. The van der Waals surface area contributed by atoms with Gasteiger partial charge in [-0.15, -0.1) is 0 Å². The molecule has 0 unspecified atom stereocenters. The zero-order chi connectivity index (χ0) is 13.2. The summed E-state index contributed by atoms with van der Waals surface area (Å²) in [6, 6.07) is 8.16. The number of hydrogen-bond donors (Lipinski definition) is 0. The molecular weight excluding hydrogens is 242 g/mol. The Labute approximate surface area is 110 Å². The van der Waals surface area contributed by atoms with E-state index in [0.717, 1.165) is 28.0 Å². The SMILES string of the molecule is CCOc1ccc2c(ccn2Cc2nonc2C)c1. The second-order valence-corrected chi connectivity index (χ2v) is 4.39. The van der Waals surface area contributed by atoms with Gasteiger partial charge >= 0.3 is 0 Å². The normalized spacial score (nSPS) is 11.1. The number of aryl methyl sites for hydroxylation is 1.